The van der Waals surface area contributed by atoms with Gasteiger partial charge in [0.1, 0.15) is 6.04 Å². The second-order valence-electron chi connectivity index (χ2n) is 4.52. The Morgan fingerprint density at radius 1 is 1.45 bits per heavy atom. The highest BCUT2D eigenvalue weighted by molar-refractivity contribution is 7.98. The summed E-state index contributed by atoms with van der Waals surface area (Å²) in [6, 6.07) is 4.20. The number of benzene rings is 1. The summed E-state index contributed by atoms with van der Waals surface area (Å²) in [5.74, 6) is -1.65. The summed E-state index contributed by atoms with van der Waals surface area (Å²) in [6.45, 7) is 3.67. The van der Waals surface area contributed by atoms with Crippen LogP contribution < -0.4 is 5.32 Å². The van der Waals surface area contributed by atoms with E-state index in [1.54, 1.807) is 19.1 Å². The van der Waals surface area contributed by atoms with Crippen LogP contribution >= 0.6 is 23.4 Å². The number of rotatable bonds is 6. The molecule has 110 valence electrons. The molecule has 0 bridgehead atoms. The highest BCUT2D eigenvalue weighted by Gasteiger charge is 2.26. The van der Waals surface area contributed by atoms with Crippen molar-refractivity contribution in [1.29, 1.82) is 0 Å². The molecule has 1 aromatic rings. The predicted molar refractivity (Wildman–Crippen MR) is 81.6 cm³/mol. The first-order chi connectivity index (χ1) is 9.40. The molecule has 4 nitrogen and oxygen atoms in total. The van der Waals surface area contributed by atoms with E-state index < -0.39 is 17.9 Å². The van der Waals surface area contributed by atoms with Gasteiger partial charge in [-0.25, -0.2) is 4.79 Å². The number of carbonyl (C=O) groups is 2. The second-order valence-corrected chi connectivity index (χ2v) is 5.81. The van der Waals surface area contributed by atoms with Crippen LogP contribution in [0.2, 0.25) is 5.02 Å². The maximum absolute atomic E-state index is 12.2. The van der Waals surface area contributed by atoms with Crippen LogP contribution in [0.3, 0.4) is 0 Å². The van der Waals surface area contributed by atoms with Crippen LogP contribution in [0.15, 0.2) is 23.1 Å². The monoisotopic (exact) mass is 315 g/mol. The molecule has 20 heavy (non-hydrogen) atoms. The number of thioether (sulfide) groups is 1. The fourth-order valence-corrected chi connectivity index (χ4v) is 2.35. The molecule has 2 N–H and O–H groups in total. The molecule has 2 atom stereocenters. The number of amides is 1. The maximum atomic E-state index is 12.2. The number of carbonyl (C=O) groups excluding carboxylic acids is 1. The van der Waals surface area contributed by atoms with E-state index in [9.17, 15) is 14.7 Å². The molecular formula is C14H18ClNO3S. The quantitative estimate of drug-likeness (QED) is 0.791. The lowest BCUT2D eigenvalue weighted by Gasteiger charge is -2.20. The lowest BCUT2D eigenvalue weighted by Crippen LogP contribution is -2.45. The average Bonchev–Trinajstić information content (AvgIpc) is 2.43. The van der Waals surface area contributed by atoms with Crippen molar-refractivity contribution < 1.29 is 14.7 Å². The Bertz CT molecular complexity index is 507. The Morgan fingerprint density at radius 3 is 2.60 bits per heavy atom. The number of aliphatic carboxylic acids is 1. The topological polar surface area (TPSA) is 66.4 Å². The van der Waals surface area contributed by atoms with Crippen LogP contribution in [-0.2, 0) is 4.79 Å². The zero-order chi connectivity index (χ0) is 15.3. The van der Waals surface area contributed by atoms with E-state index in [1.165, 1.54) is 11.8 Å². The van der Waals surface area contributed by atoms with Gasteiger partial charge in [0.05, 0.1) is 10.6 Å². The molecule has 0 heterocycles. The molecule has 0 aliphatic rings. The number of carboxylic acids is 1. The van der Waals surface area contributed by atoms with Gasteiger partial charge >= 0.3 is 5.97 Å². The normalized spacial score (nSPS) is 13.6. The van der Waals surface area contributed by atoms with E-state index in [-0.39, 0.29) is 5.92 Å². The molecule has 0 saturated heterocycles. The zero-order valence-corrected chi connectivity index (χ0v) is 13.2. The first-order valence-electron chi connectivity index (χ1n) is 6.27. The van der Waals surface area contributed by atoms with Gasteiger partial charge in [0, 0.05) is 4.90 Å². The molecule has 0 aliphatic carbocycles. The Kier molecular flexibility index (Phi) is 6.36. The SMILES string of the molecule is CCC(C)C(NC(=O)c1cc(SC)ccc1Cl)C(=O)O. The minimum atomic E-state index is -1.04. The van der Waals surface area contributed by atoms with Crippen molar-refractivity contribution in [3.8, 4) is 0 Å². The molecule has 0 aliphatic heterocycles. The molecule has 1 amide bonds. The van der Waals surface area contributed by atoms with Crippen molar-refractivity contribution >= 4 is 35.2 Å². The largest absolute Gasteiger partial charge is 0.480 e. The van der Waals surface area contributed by atoms with Crippen LogP contribution in [0.4, 0.5) is 0 Å². The Hall–Kier alpha value is -1.20. The summed E-state index contributed by atoms with van der Waals surface area (Å²) in [5.41, 5.74) is 0.299. The van der Waals surface area contributed by atoms with Crippen molar-refractivity contribution in [3.05, 3.63) is 28.8 Å². The van der Waals surface area contributed by atoms with Crippen LogP contribution in [0.25, 0.3) is 0 Å². The summed E-state index contributed by atoms with van der Waals surface area (Å²) in [5, 5.41) is 12.0. The van der Waals surface area contributed by atoms with Crippen LogP contribution in [0.5, 0.6) is 0 Å². The third-order valence-electron chi connectivity index (χ3n) is 3.18. The molecule has 1 rings (SSSR count). The van der Waals surface area contributed by atoms with E-state index in [2.05, 4.69) is 5.32 Å². The van der Waals surface area contributed by atoms with Gasteiger partial charge in [-0.05, 0) is 30.4 Å². The molecule has 1 aromatic carbocycles. The summed E-state index contributed by atoms with van der Waals surface area (Å²) in [4.78, 5) is 24.3. The lowest BCUT2D eigenvalue weighted by molar-refractivity contribution is -0.140. The van der Waals surface area contributed by atoms with Gasteiger partial charge in [0.15, 0.2) is 0 Å². The number of carboxylic acid groups (broad SMARTS) is 1. The molecule has 0 spiro atoms. The third kappa shape index (κ3) is 4.15. The van der Waals surface area contributed by atoms with Crippen LogP contribution in [0, 0.1) is 5.92 Å². The first-order valence-corrected chi connectivity index (χ1v) is 7.88. The predicted octanol–water partition coefficient (Wildman–Crippen LogP) is 3.29. The maximum Gasteiger partial charge on any atom is 0.326 e. The van der Waals surface area contributed by atoms with E-state index in [0.29, 0.717) is 17.0 Å². The second kappa shape index (κ2) is 7.55. The van der Waals surface area contributed by atoms with Gasteiger partial charge in [0.2, 0.25) is 0 Å². The van der Waals surface area contributed by atoms with Gasteiger partial charge in [-0.1, -0.05) is 31.9 Å². The van der Waals surface area contributed by atoms with E-state index in [1.807, 2.05) is 19.2 Å². The highest BCUT2D eigenvalue weighted by Crippen LogP contribution is 2.23. The standard InChI is InChI=1S/C14H18ClNO3S/c1-4-8(2)12(14(18)19)16-13(17)10-7-9(20-3)5-6-11(10)15/h5-8,12H,4H2,1-3H3,(H,16,17)(H,18,19). The average molecular weight is 316 g/mol. The summed E-state index contributed by atoms with van der Waals surface area (Å²) < 4.78 is 0. The Labute approximate surface area is 127 Å². The van der Waals surface area contributed by atoms with Crippen molar-refractivity contribution in [2.45, 2.75) is 31.2 Å². The summed E-state index contributed by atoms with van der Waals surface area (Å²) >= 11 is 7.50. The zero-order valence-electron chi connectivity index (χ0n) is 11.6. The van der Waals surface area contributed by atoms with Gasteiger partial charge in [-0.15, -0.1) is 11.8 Å². The molecule has 0 aromatic heterocycles. The lowest BCUT2D eigenvalue weighted by atomic mass is 9.99. The van der Waals surface area contributed by atoms with E-state index >= 15 is 0 Å². The molecule has 0 fully saturated rings. The number of halogens is 1. The minimum Gasteiger partial charge on any atom is -0.480 e. The van der Waals surface area contributed by atoms with Gasteiger partial charge in [0.25, 0.3) is 5.91 Å². The molecule has 2 unspecified atom stereocenters. The molecule has 0 saturated carbocycles. The summed E-state index contributed by atoms with van der Waals surface area (Å²) in [6.07, 6.45) is 2.56. The smallest absolute Gasteiger partial charge is 0.326 e. The third-order valence-corrected chi connectivity index (χ3v) is 4.24. The molecular weight excluding hydrogens is 298 g/mol. The molecule has 0 radical (unpaired) electrons. The van der Waals surface area contributed by atoms with Gasteiger partial charge in [-0.3, -0.25) is 4.79 Å². The van der Waals surface area contributed by atoms with Crippen molar-refractivity contribution in [1.82, 2.24) is 5.32 Å². The van der Waals surface area contributed by atoms with Crippen LogP contribution in [-0.4, -0.2) is 29.3 Å². The van der Waals surface area contributed by atoms with E-state index in [0.717, 1.165) is 4.90 Å². The van der Waals surface area contributed by atoms with Gasteiger partial charge < -0.3 is 10.4 Å². The number of hydrogen-bond acceptors (Lipinski definition) is 3. The van der Waals surface area contributed by atoms with Crippen molar-refractivity contribution in [3.63, 3.8) is 0 Å². The number of hydrogen-bond donors (Lipinski definition) is 2. The van der Waals surface area contributed by atoms with Crippen molar-refractivity contribution in [2.75, 3.05) is 6.26 Å². The van der Waals surface area contributed by atoms with Gasteiger partial charge in [-0.2, -0.15) is 0 Å². The fraction of sp³-hybridized carbons (Fsp3) is 0.429. The first kappa shape index (κ1) is 16.9. The Morgan fingerprint density at radius 2 is 2.10 bits per heavy atom. The number of nitrogens with one attached hydrogen (secondary N) is 1. The minimum absolute atomic E-state index is 0.154. The van der Waals surface area contributed by atoms with E-state index in [4.69, 9.17) is 11.6 Å². The van der Waals surface area contributed by atoms with Crippen molar-refractivity contribution in [2.24, 2.45) is 5.92 Å². The molecule has 6 heteroatoms. The fourth-order valence-electron chi connectivity index (χ4n) is 1.71. The highest BCUT2D eigenvalue weighted by atomic mass is 35.5. The summed E-state index contributed by atoms with van der Waals surface area (Å²) in [7, 11) is 0. The van der Waals surface area contributed by atoms with Crippen LogP contribution in [0.1, 0.15) is 30.6 Å². The Balaban J connectivity index is 2.97.